The molecule has 5 aromatic rings. The van der Waals surface area contributed by atoms with Crippen LogP contribution in [0, 0.1) is 15.5 Å². The average molecular weight is 1010 g/mol. The van der Waals surface area contributed by atoms with Gasteiger partial charge in [0.2, 0.25) is 0 Å². The van der Waals surface area contributed by atoms with E-state index in [0.29, 0.717) is 44.9 Å². The number of hydrazine groups is 1. The molecular weight excluding hydrogens is 946 g/mol. The molecule has 0 unspecified atom stereocenters. The summed E-state index contributed by atoms with van der Waals surface area (Å²) in [7, 11) is -2.63. The Kier molecular flexibility index (Phi) is 15.3. The number of nitro benzene ring substituents is 1. The number of fused-ring (bicyclic) bond motifs is 1. The summed E-state index contributed by atoms with van der Waals surface area (Å²) < 4.78 is 41.9. The molecule has 4 N–H and O–H groups in total. The molecule has 4 aromatic carbocycles. The second-order valence-corrected chi connectivity index (χ2v) is 22.6. The zero-order chi connectivity index (χ0) is 50.7. The van der Waals surface area contributed by atoms with E-state index in [1.807, 2.05) is 42.5 Å². The number of aromatic nitrogens is 1. The van der Waals surface area contributed by atoms with Gasteiger partial charge in [-0.3, -0.25) is 19.8 Å². The fraction of sp³-hybridized carbons (Fsp3) is 0.423. The first-order chi connectivity index (χ1) is 33.7. The number of halogens is 1. The molecule has 71 heavy (non-hydrogen) atoms. The van der Waals surface area contributed by atoms with E-state index in [4.69, 9.17) is 21.1 Å². The minimum Gasteiger partial charge on any atom is -0.456 e. The number of carbonyl (C=O) groups excluding carboxylic acids is 2. The number of aromatic amines is 1. The predicted octanol–water partition coefficient (Wildman–Crippen LogP) is 9.07. The lowest BCUT2D eigenvalue weighted by atomic mass is 9.72. The van der Waals surface area contributed by atoms with E-state index in [9.17, 15) is 28.1 Å². The molecule has 0 spiro atoms. The summed E-state index contributed by atoms with van der Waals surface area (Å²) in [6.07, 6.45) is 4.97. The molecule has 0 bridgehead atoms. The second-order valence-electron chi connectivity index (χ2n) is 20.4. The number of piperazine rings is 2. The van der Waals surface area contributed by atoms with Gasteiger partial charge in [0.1, 0.15) is 22.8 Å². The molecule has 17 nitrogen and oxygen atoms in total. The van der Waals surface area contributed by atoms with Crippen molar-refractivity contribution in [3.05, 3.63) is 122 Å². The van der Waals surface area contributed by atoms with Crippen molar-refractivity contribution in [2.24, 2.45) is 5.41 Å². The molecule has 2 amide bonds. The zero-order valence-electron chi connectivity index (χ0n) is 41.3. The Morgan fingerprint density at radius 1 is 0.915 bits per heavy atom. The van der Waals surface area contributed by atoms with Gasteiger partial charge in [-0.2, -0.15) is 0 Å². The Morgan fingerprint density at radius 2 is 1.65 bits per heavy atom. The van der Waals surface area contributed by atoms with Crippen LogP contribution >= 0.6 is 11.6 Å². The number of carbonyl (C=O) groups is 2. The van der Waals surface area contributed by atoms with Crippen LogP contribution in [0.15, 0.2) is 95.5 Å². The molecule has 2 aliphatic heterocycles. The molecule has 0 saturated carbocycles. The molecule has 19 heteroatoms. The van der Waals surface area contributed by atoms with Gasteiger partial charge < -0.3 is 35.0 Å². The second kappa shape index (κ2) is 21.3. The smallest absolute Gasteiger partial charge is 0.407 e. The molecule has 0 radical (unpaired) electrons. The highest BCUT2D eigenvalue weighted by Crippen LogP contribution is 2.44. The standard InChI is InChI=1S/C52H64ClN9O8S/c1-51(2,3)70-50(64)54-20-18-36-33-55-45-15-12-40(30-43(36)45)69-48-29-39(60-25-23-59(24-26-60)34-37-17-19-52(4,5)32-44(37)35-7-9-38(53)10-8-35)11-14-42(48)49(63)57-71(67,68)41-13-16-46(47(31-41)62(65)66)56-61-27-21-58(6)22-28-61/h7-16,29-31,33,55-56H,17-28,32,34H2,1-6H3,(H,54,64)(H,57,63). The van der Waals surface area contributed by atoms with Gasteiger partial charge in [0.25, 0.3) is 21.6 Å². The number of ether oxygens (including phenoxy) is 2. The normalized spacial score (nSPS) is 17.3. The fourth-order valence-electron chi connectivity index (χ4n) is 9.29. The van der Waals surface area contributed by atoms with E-state index in [2.05, 4.69) is 61.1 Å². The largest absolute Gasteiger partial charge is 0.456 e. The van der Waals surface area contributed by atoms with Crippen LogP contribution in [-0.2, 0) is 21.2 Å². The Balaban J connectivity index is 1.03. The van der Waals surface area contributed by atoms with Gasteiger partial charge in [0, 0.05) is 105 Å². The number of H-pyrrole nitrogens is 1. The van der Waals surface area contributed by atoms with Crippen LogP contribution in [0.4, 0.5) is 21.9 Å². The number of anilines is 2. The van der Waals surface area contributed by atoms with Gasteiger partial charge in [-0.1, -0.05) is 43.2 Å². The zero-order valence-corrected chi connectivity index (χ0v) is 42.8. The van der Waals surface area contributed by atoms with Gasteiger partial charge in [0.05, 0.1) is 15.4 Å². The third kappa shape index (κ3) is 13.0. The minimum absolute atomic E-state index is 0.0587. The number of hydrogen-bond acceptors (Lipinski definition) is 13. The lowest BCUT2D eigenvalue weighted by Crippen LogP contribution is -2.47. The van der Waals surface area contributed by atoms with Gasteiger partial charge in [-0.25, -0.2) is 22.9 Å². The number of hydrogen-bond donors (Lipinski definition) is 4. The number of benzene rings is 4. The van der Waals surface area contributed by atoms with E-state index in [-0.39, 0.29) is 22.4 Å². The third-order valence-electron chi connectivity index (χ3n) is 13.3. The van der Waals surface area contributed by atoms with E-state index in [1.165, 1.54) is 28.8 Å². The Labute approximate surface area is 420 Å². The third-order valence-corrected chi connectivity index (χ3v) is 14.8. The maximum atomic E-state index is 14.2. The summed E-state index contributed by atoms with van der Waals surface area (Å²) in [6.45, 7) is 17.0. The molecule has 3 heterocycles. The highest BCUT2D eigenvalue weighted by atomic mass is 35.5. The van der Waals surface area contributed by atoms with Crippen molar-refractivity contribution in [1.82, 2.24) is 29.8 Å². The molecule has 1 aromatic heterocycles. The van der Waals surface area contributed by atoms with Crippen molar-refractivity contribution in [1.29, 1.82) is 0 Å². The van der Waals surface area contributed by atoms with Crippen LogP contribution in [0.25, 0.3) is 16.5 Å². The maximum absolute atomic E-state index is 14.2. The van der Waals surface area contributed by atoms with Gasteiger partial charge >= 0.3 is 6.09 Å². The van der Waals surface area contributed by atoms with Crippen molar-refractivity contribution < 1.29 is 32.4 Å². The summed E-state index contributed by atoms with van der Waals surface area (Å²) >= 11 is 6.27. The van der Waals surface area contributed by atoms with E-state index < -0.39 is 43.1 Å². The van der Waals surface area contributed by atoms with E-state index in [0.717, 1.165) is 85.2 Å². The number of nitrogens with one attached hydrogen (secondary N) is 4. The Hall–Kier alpha value is -6.18. The highest BCUT2D eigenvalue weighted by molar-refractivity contribution is 7.90. The SMILES string of the molecule is CN1CCN(Nc2ccc(S(=O)(=O)NC(=O)c3ccc(N4CCN(CC5=C(c6ccc(Cl)cc6)CC(C)(C)CC5)CC4)cc3Oc3ccc4[nH]cc(CCNC(=O)OC(C)(C)C)c4c3)cc2[N+](=O)[O-])CC1. The van der Waals surface area contributed by atoms with Crippen molar-refractivity contribution in [2.75, 3.05) is 82.8 Å². The van der Waals surface area contributed by atoms with Crippen LogP contribution in [0.1, 0.15) is 75.4 Å². The summed E-state index contributed by atoms with van der Waals surface area (Å²) in [5, 5.41) is 18.4. The predicted molar refractivity (Wildman–Crippen MR) is 278 cm³/mol. The van der Waals surface area contributed by atoms with E-state index in [1.54, 1.807) is 45.0 Å². The Bertz CT molecular complexity index is 2920. The number of nitrogens with zero attached hydrogens (tertiary/aromatic N) is 5. The van der Waals surface area contributed by atoms with Crippen LogP contribution in [0.5, 0.6) is 11.5 Å². The van der Waals surface area contributed by atoms with Crippen molar-refractivity contribution in [3.63, 3.8) is 0 Å². The van der Waals surface area contributed by atoms with Gasteiger partial charge in [-0.15, -0.1) is 0 Å². The molecule has 1 aliphatic carbocycles. The maximum Gasteiger partial charge on any atom is 0.407 e. The molecule has 0 atom stereocenters. The first kappa shape index (κ1) is 51.2. The molecule has 3 aliphatic rings. The number of amides is 2. The lowest BCUT2D eigenvalue weighted by Gasteiger charge is -2.39. The van der Waals surface area contributed by atoms with Crippen LogP contribution < -0.4 is 25.1 Å². The average Bonchev–Trinajstić information content (AvgIpc) is 3.71. The van der Waals surface area contributed by atoms with E-state index >= 15 is 0 Å². The monoisotopic (exact) mass is 1010 g/mol. The summed E-state index contributed by atoms with van der Waals surface area (Å²) in [4.78, 5) is 47.8. The highest BCUT2D eigenvalue weighted by Gasteiger charge is 2.31. The molecule has 2 fully saturated rings. The van der Waals surface area contributed by atoms with Crippen LogP contribution in [-0.4, -0.2) is 123 Å². The van der Waals surface area contributed by atoms with Gasteiger partial charge in [0.15, 0.2) is 0 Å². The number of alkyl carbamates (subject to hydrolysis) is 1. The quantitative estimate of drug-likeness (QED) is 0.0574. The van der Waals surface area contributed by atoms with Crippen molar-refractivity contribution >= 4 is 67.2 Å². The molecule has 2 saturated heterocycles. The van der Waals surface area contributed by atoms with Crippen molar-refractivity contribution in [2.45, 2.75) is 70.8 Å². The summed E-state index contributed by atoms with van der Waals surface area (Å²) in [5.74, 6) is -0.478. The number of likely N-dealkylation sites (N-methyl/N-ethyl adjacent to an activating group) is 1. The van der Waals surface area contributed by atoms with Crippen LogP contribution in [0.2, 0.25) is 5.02 Å². The first-order valence-corrected chi connectivity index (χ1v) is 25.9. The fourth-order valence-corrected chi connectivity index (χ4v) is 10.4. The number of allylic oxidation sites excluding steroid dienone is 1. The number of rotatable bonds is 15. The van der Waals surface area contributed by atoms with Crippen LogP contribution in [0.3, 0.4) is 0 Å². The summed E-state index contributed by atoms with van der Waals surface area (Å²) in [5.41, 5.74) is 8.84. The topological polar surface area (TPSA) is 195 Å². The number of sulfonamides is 1. The molecule has 378 valence electrons. The Morgan fingerprint density at radius 3 is 2.35 bits per heavy atom. The first-order valence-electron chi connectivity index (χ1n) is 24.1. The van der Waals surface area contributed by atoms with Gasteiger partial charge in [-0.05, 0) is 130 Å². The molecule has 8 rings (SSSR count). The number of nitro groups is 1. The lowest BCUT2D eigenvalue weighted by molar-refractivity contribution is -0.384. The van der Waals surface area contributed by atoms with Crippen molar-refractivity contribution in [3.8, 4) is 11.5 Å². The summed E-state index contributed by atoms with van der Waals surface area (Å²) in [6, 6.07) is 22.2. The minimum atomic E-state index is -4.62. The molecular formula is C52H64ClN9O8S.